The van der Waals surface area contributed by atoms with E-state index in [1.165, 1.54) is 47.8 Å². The second-order valence-electron chi connectivity index (χ2n) is 7.78. The van der Waals surface area contributed by atoms with Crippen LogP contribution in [-0.2, 0) is 32.5 Å². The van der Waals surface area contributed by atoms with Gasteiger partial charge in [-0.25, -0.2) is 18.2 Å². The number of benzene rings is 2. The smallest absolute Gasteiger partial charge is 0.338 e. The first-order valence-electron chi connectivity index (χ1n) is 10.5. The Morgan fingerprint density at radius 1 is 1.06 bits per heavy atom. The van der Waals surface area contributed by atoms with E-state index in [-0.39, 0.29) is 16.3 Å². The first-order valence-corrected chi connectivity index (χ1v) is 12.4. The van der Waals surface area contributed by atoms with Gasteiger partial charge in [-0.3, -0.25) is 4.79 Å². The van der Waals surface area contributed by atoms with Crippen LogP contribution in [0.2, 0.25) is 5.02 Å². The molecule has 0 fully saturated rings. The number of esters is 1. The normalized spacial score (nSPS) is 14.6. The van der Waals surface area contributed by atoms with Gasteiger partial charge in [0.1, 0.15) is 5.82 Å². The van der Waals surface area contributed by atoms with Gasteiger partial charge < -0.3 is 10.1 Å². The van der Waals surface area contributed by atoms with E-state index in [1.807, 2.05) is 24.3 Å². The summed E-state index contributed by atoms with van der Waals surface area (Å²) in [6, 6.07) is 16.3. The van der Waals surface area contributed by atoms with Gasteiger partial charge in [0, 0.05) is 19.3 Å². The first-order chi connectivity index (χ1) is 16.2. The minimum atomic E-state index is -3.72. The Kier molecular flexibility index (Phi) is 6.97. The average molecular weight is 500 g/mol. The maximum Gasteiger partial charge on any atom is 0.338 e. The molecule has 3 aromatic rings. The van der Waals surface area contributed by atoms with E-state index in [0.29, 0.717) is 24.5 Å². The summed E-state index contributed by atoms with van der Waals surface area (Å²) in [5.41, 5.74) is 2.27. The Labute approximate surface area is 202 Å². The zero-order chi connectivity index (χ0) is 24.3. The van der Waals surface area contributed by atoms with Gasteiger partial charge in [-0.2, -0.15) is 4.31 Å². The van der Waals surface area contributed by atoms with Crippen molar-refractivity contribution in [2.75, 3.05) is 11.9 Å². The van der Waals surface area contributed by atoms with Gasteiger partial charge in [-0.15, -0.1) is 0 Å². The zero-order valence-corrected chi connectivity index (χ0v) is 19.8. The molecule has 0 spiro atoms. The molecule has 1 atom stereocenters. The monoisotopic (exact) mass is 499 g/mol. The lowest BCUT2D eigenvalue weighted by atomic mass is 10.0. The summed E-state index contributed by atoms with van der Waals surface area (Å²) in [7, 11) is -3.72. The number of amides is 1. The molecule has 1 aliphatic rings. The van der Waals surface area contributed by atoms with Crippen LogP contribution in [0.4, 0.5) is 5.82 Å². The number of halogens is 1. The third kappa shape index (κ3) is 5.27. The van der Waals surface area contributed by atoms with Gasteiger partial charge >= 0.3 is 5.97 Å². The fraction of sp³-hybridized carbons (Fsp3) is 0.208. The molecule has 0 saturated heterocycles. The van der Waals surface area contributed by atoms with Crippen LogP contribution in [0.1, 0.15) is 28.4 Å². The molecule has 1 amide bonds. The lowest BCUT2D eigenvalue weighted by molar-refractivity contribution is -0.123. The van der Waals surface area contributed by atoms with E-state index in [1.54, 1.807) is 6.07 Å². The fourth-order valence-electron chi connectivity index (χ4n) is 3.55. The van der Waals surface area contributed by atoms with Crippen LogP contribution >= 0.6 is 11.6 Å². The molecular weight excluding hydrogens is 478 g/mol. The van der Waals surface area contributed by atoms with E-state index < -0.39 is 28.0 Å². The van der Waals surface area contributed by atoms with Crippen LogP contribution in [0, 0.1) is 0 Å². The summed E-state index contributed by atoms with van der Waals surface area (Å²) in [6.45, 7) is 2.12. The van der Waals surface area contributed by atoms with Crippen molar-refractivity contribution in [3.05, 3.63) is 88.6 Å². The lowest BCUT2D eigenvalue weighted by Gasteiger charge is -2.28. The second-order valence-corrected chi connectivity index (χ2v) is 10.2. The van der Waals surface area contributed by atoms with Crippen LogP contribution in [0.15, 0.2) is 71.8 Å². The van der Waals surface area contributed by atoms with Gasteiger partial charge in [-0.1, -0.05) is 35.9 Å². The number of nitrogens with zero attached hydrogens (tertiary/aromatic N) is 2. The highest BCUT2D eigenvalue weighted by Crippen LogP contribution is 2.25. The van der Waals surface area contributed by atoms with E-state index in [4.69, 9.17) is 16.3 Å². The van der Waals surface area contributed by atoms with E-state index in [0.717, 1.165) is 11.1 Å². The molecule has 0 aliphatic carbocycles. The first kappa shape index (κ1) is 23.9. The standard InChI is InChI=1S/C24H22ClN3O5S/c1-16(23(29)27-22-11-8-20(25)14-26-22)33-24(30)18-6-9-21(10-7-18)34(31,32)28-13-12-17-4-2-3-5-19(17)15-28/h2-11,14,16H,12-13,15H2,1H3,(H,26,27,29)/t16-/m0/s1. The third-order valence-corrected chi connectivity index (χ3v) is 7.54. The highest BCUT2D eigenvalue weighted by atomic mass is 35.5. The van der Waals surface area contributed by atoms with Gasteiger partial charge in [0.05, 0.1) is 15.5 Å². The lowest BCUT2D eigenvalue weighted by Crippen LogP contribution is -2.35. The van der Waals surface area contributed by atoms with Crippen LogP contribution < -0.4 is 5.32 Å². The van der Waals surface area contributed by atoms with Gasteiger partial charge in [0.25, 0.3) is 5.91 Å². The number of fused-ring (bicyclic) bond motifs is 1. The van der Waals surface area contributed by atoms with E-state index >= 15 is 0 Å². The third-order valence-electron chi connectivity index (χ3n) is 5.46. The van der Waals surface area contributed by atoms with Gasteiger partial charge in [-0.05, 0) is 60.9 Å². The molecule has 176 valence electrons. The highest BCUT2D eigenvalue weighted by molar-refractivity contribution is 7.89. The predicted octanol–water partition coefficient (Wildman–Crippen LogP) is 3.67. The summed E-state index contributed by atoms with van der Waals surface area (Å²) < 4.78 is 32.8. The molecular formula is C24H22ClN3O5S. The average Bonchev–Trinajstić information content (AvgIpc) is 2.85. The Hall–Kier alpha value is -3.27. The van der Waals surface area contributed by atoms with Crippen LogP contribution in [-0.4, -0.2) is 42.2 Å². The van der Waals surface area contributed by atoms with Gasteiger partial charge in [0.15, 0.2) is 6.10 Å². The number of pyridine rings is 1. The minimum Gasteiger partial charge on any atom is -0.449 e. The van der Waals surface area contributed by atoms with Crippen LogP contribution in [0.3, 0.4) is 0 Å². The van der Waals surface area contributed by atoms with Crippen molar-refractivity contribution in [1.29, 1.82) is 0 Å². The number of carbonyl (C=O) groups is 2. The fourth-order valence-corrected chi connectivity index (χ4v) is 5.08. The zero-order valence-electron chi connectivity index (χ0n) is 18.3. The molecule has 4 rings (SSSR count). The maximum atomic E-state index is 13.1. The quantitative estimate of drug-likeness (QED) is 0.519. The van der Waals surface area contributed by atoms with Crippen molar-refractivity contribution in [2.45, 2.75) is 30.9 Å². The second kappa shape index (κ2) is 9.92. The van der Waals surface area contributed by atoms with Crippen LogP contribution in [0.25, 0.3) is 0 Å². The number of hydrogen-bond acceptors (Lipinski definition) is 6. The minimum absolute atomic E-state index is 0.0861. The molecule has 8 nitrogen and oxygen atoms in total. The summed E-state index contributed by atoms with van der Waals surface area (Å²) >= 11 is 5.77. The molecule has 1 aliphatic heterocycles. The Morgan fingerprint density at radius 2 is 1.76 bits per heavy atom. The van der Waals surface area contributed by atoms with E-state index in [2.05, 4.69) is 10.3 Å². The molecule has 2 aromatic carbocycles. The topological polar surface area (TPSA) is 106 Å². The summed E-state index contributed by atoms with van der Waals surface area (Å²) in [5, 5.41) is 2.95. The number of ether oxygens (including phenoxy) is 1. The molecule has 1 aromatic heterocycles. The number of anilines is 1. The molecule has 1 N–H and O–H groups in total. The molecule has 0 unspecified atom stereocenters. The van der Waals surface area contributed by atoms with Crippen molar-refractivity contribution in [1.82, 2.24) is 9.29 Å². The maximum absolute atomic E-state index is 13.1. The van der Waals surface area contributed by atoms with Crippen molar-refractivity contribution < 1.29 is 22.7 Å². The van der Waals surface area contributed by atoms with Crippen LogP contribution in [0.5, 0.6) is 0 Å². The van der Waals surface area contributed by atoms with Gasteiger partial charge in [0.2, 0.25) is 10.0 Å². The molecule has 0 saturated carbocycles. The Morgan fingerprint density at radius 3 is 2.44 bits per heavy atom. The summed E-state index contributed by atoms with van der Waals surface area (Å²) in [5.74, 6) is -1.04. The van der Waals surface area contributed by atoms with Crippen molar-refractivity contribution in [2.24, 2.45) is 0 Å². The molecule has 2 heterocycles. The molecule has 34 heavy (non-hydrogen) atoms. The van der Waals surface area contributed by atoms with Crippen molar-refractivity contribution >= 4 is 39.3 Å². The predicted molar refractivity (Wildman–Crippen MR) is 127 cm³/mol. The molecule has 0 radical (unpaired) electrons. The number of nitrogens with one attached hydrogen (secondary N) is 1. The largest absolute Gasteiger partial charge is 0.449 e. The number of aromatic nitrogens is 1. The Balaban J connectivity index is 1.39. The summed E-state index contributed by atoms with van der Waals surface area (Å²) in [4.78, 5) is 28.8. The SMILES string of the molecule is C[C@H](OC(=O)c1ccc(S(=O)(=O)N2CCc3ccccc3C2)cc1)C(=O)Nc1ccc(Cl)cn1. The Bertz CT molecular complexity index is 1310. The molecule has 10 heteroatoms. The number of carbonyl (C=O) groups excluding carboxylic acids is 2. The summed E-state index contributed by atoms with van der Waals surface area (Å²) in [6.07, 6.45) is 0.930. The number of rotatable bonds is 6. The van der Waals surface area contributed by atoms with Crippen molar-refractivity contribution in [3.8, 4) is 0 Å². The number of sulfonamides is 1. The highest BCUT2D eigenvalue weighted by Gasteiger charge is 2.28. The van der Waals surface area contributed by atoms with Crippen molar-refractivity contribution in [3.63, 3.8) is 0 Å². The van der Waals surface area contributed by atoms with E-state index in [9.17, 15) is 18.0 Å². The molecule has 0 bridgehead atoms. The number of hydrogen-bond donors (Lipinski definition) is 1.